The van der Waals surface area contributed by atoms with Gasteiger partial charge < -0.3 is 5.11 Å². The number of nitrogens with zero attached hydrogens (tertiary/aromatic N) is 2. The Morgan fingerprint density at radius 1 is 1.18 bits per heavy atom. The average Bonchev–Trinajstić information content (AvgIpc) is 2.82. The molecule has 2 aromatic rings. The summed E-state index contributed by atoms with van der Waals surface area (Å²) >= 11 is 15.4. The molecule has 1 fully saturated rings. The fraction of sp³-hybridized carbons (Fsp3) is 0.211. The second kappa shape index (κ2) is 7.83. The first-order valence-electron chi connectivity index (χ1n) is 8.58. The van der Waals surface area contributed by atoms with Gasteiger partial charge in [0.05, 0.1) is 5.69 Å². The van der Waals surface area contributed by atoms with E-state index in [0.717, 1.165) is 19.8 Å². The molecule has 3 rings (SSSR count). The van der Waals surface area contributed by atoms with Crippen LogP contribution in [0.25, 0.3) is 0 Å². The number of benzene rings is 2. The topological polar surface area (TPSA) is 77.9 Å². The lowest BCUT2D eigenvalue weighted by Crippen LogP contribution is -2.52. The van der Waals surface area contributed by atoms with Crippen molar-refractivity contribution in [3.8, 4) is 0 Å². The molecule has 9 heteroatoms. The molecule has 146 valence electrons. The highest BCUT2D eigenvalue weighted by Gasteiger charge is 2.57. The van der Waals surface area contributed by atoms with Gasteiger partial charge in [-0.05, 0) is 42.8 Å². The van der Waals surface area contributed by atoms with Crippen molar-refractivity contribution in [2.45, 2.75) is 18.9 Å². The molecular weight excluding hydrogens is 471 g/mol. The number of anilines is 1. The van der Waals surface area contributed by atoms with Gasteiger partial charge in [0.2, 0.25) is 1.43 Å². The van der Waals surface area contributed by atoms with Crippen LogP contribution in [0.2, 0.25) is 10.0 Å². The van der Waals surface area contributed by atoms with Crippen LogP contribution >= 0.6 is 39.1 Å². The monoisotopic (exact) mass is 486 g/mol. The summed E-state index contributed by atoms with van der Waals surface area (Å²) in [6, 6.07) is 10.6. The summed E-state index contributed by atoms with van der Waals surface area (Å²) in [5.74, 6) is -1.41. The van der Waals surface area contributed by atoms with Crippen LogP contribution < -0.4 is 4.90 Å². The van der Waals surface area contributed by atoms with Crippen LogP contribution in [-0.4, -0.2) is 41.4 Å². The molecule has 1 heterocycles. The van der Waals surface area contributed by atoms with E-state index >= 15 is 0 Å². The third-order valence-corrected chi connectivity index (χ3v) is 5.45. The fourth-order valence-corrected chi connectivity index (χ4v) is 4.01. The van der Waals surface area contributed by atoms with Crippen LogP contribution in [0, 0.1) is 0 Å². The standard InChI is InChI=1S/C19H15BrCl2N2O4/c1-19(9-11-2-4-12(20)5-3-11)17(27)23(18(28)24(19)16(26)10-25)15-7-13(21)6-14(22)8-15/h2-8,25H,9-10H2,1H3/t19-/m1/s1/i25T. The molecule has 0 aliphatic carbocycles. The Kier molecular flexibility index (Phi) is 5.42. The zero-order valence-corrected chi connectivity index (χ0v) is 17.7. The van der Waals surface area contributed by atoms with Gasteiger partial charge >= 0.3 is 6.03 Å². The van der Waals surface area contributed by atoms with E-state index in [2.05, 4.69) is 21.0 Å². The highest BCUT2D eigenvalue weighted by atomic mass is 79.9. The average molecular weight is 488 g/mol. The maximum atomic E-state index is 13.4. The summed E-state index contributed by atoms with van der Waals surface area (Å²) in [6.07, 6.45) is 0.0827. The van der Waals surface area contributed by atoms with Crippen molar-refractivity contribution in [1.82, 2.24) is 4.90 Å². The summed E-state index contributed by atoms with van der Waals surface area (Å²) in [5.41, 5.74) is -0.621. The summed E-state index contributed by atoms with van der Waals surface area (Å²) < 4.78 is 7.71. The van der Waals surface area contributed by atoms with Crippen molar-refractivity contribution >= 4 is 62.7 Å². The molecule has 1 saturated heterocycles. The van der Waals surface area contributed by atoms with Crippen molar-refractivity contribution < 1.29 is 19.5 Å². The van der Waals surface area contributed by atoms with Gasteiger partial charge in [-0.3, -0.25) is 9.59 Å². The molecule has 0 bridgehead atoms. The highest BCUT2D eigenvalue weighted by Crippen LogP contribution is 2.37. The van der Waals surface area contributed by atoms with Crippen LogP contribution in [0.15, 0.2) is 46.9 Å². The number of hydrogen-bond acceptors (Lipinski definition) is 4. The molecule has 6 nitrogen and oxygen atoms in total. The Labute approximate surface area is 181 Å². The predicted octanol–water partition coefficient (Wildman–Crippen LogP) is 4.04. The zero-order valence-electron chi connectivity index (χ0n) is 15.6. The third kappa shape index (κ3) is 3.67. The van der Waals surface area contributed by atoms with Gasteiger partial charge in [0, 0.05) is 20.9 Å². The van der Waals surface area contributed by atoms with E-state index < -0.39 is 30.0 Å². The first-order chi connectivity index (χ1) is 13.7. The van der Waals surface area contributed by atoms with Crippen molar-refractivity contribution in [2.75, 3.05) is 11.5 Å². The van der Waals surface area contributed by atoms with E-state index in [4.69, 9.17) is 24.6 Å². The van der Waals surface area contributed by atoms with Crippen molar-refractivity contribution in [3.05, 3.63) is 62.5 Å². The second-order valence-electron chi connectivity index (χ2n) is 6.50. The molecule has 1 aliphatic rings. The minimum atomic E-state index is -1.52. The number of amides is 4. The lowest BCUT2D eigenvalue weighted by atomic mass is 9.91. The SMILES string of the molecule is [3H]OCC(=O)N1C(=O)N(c2cc(Cl)cc(Cl)c2)C(=O)[C@@]1(C)Cc1ccc(Br)cc1. The quantitative estimate of drug-likeness (QED) is 0.645. The number of urea groups is 1. The number of aliphatic hydroxyl groups is 1. The summed E-state index contributed by atoms with van der Waals surface area (Å²) in [4.78, 5) is 40.8. The Balaban J connectivity index is 2.08. The van der Waals surface area contributed by atoms with E-state index in [1.165, 1.54) is 25.1 Å². The van der Waals surface area contributed by atoms with Crippen molar-refractivity contribution in [3.63, 3.8) is 0 Å². The molecular formula is C19H15BrCl2N2O4. The van der Waals surface area contributed by atoms with Crippen LogP contribution in [0.4, 0.5) is 10.5 Å². The molecule has 28 heavy (non-hydrogen) atoms. The lowest BCUT2D eigenvalue weighted by Gasteiger charge is -2.29. The largest absolute Gasteiger partial charge is 0.387 e. The third-order valence-electron chi connectivity index (χ3n) is 4.48. The summed E-state index contributed by atoms with van der Waals surface area (Å²) in [7, 11) is 0. The Morgan fingerprint density at radius 3 is 2.36 bits per heavy atom. The minimum absolute atomic E-state index is 0.0827. The van der Waals surface area contributed by atoms with Gasteiger partial charge in [-0.1, -0.05) is 51.3 Å². The predicted molar refractivity (Wildman–Crippen MR) is 110 cm³/mol. The molecule has 1 N–H and O–H groups in total. The molecule has 0 radical (unpaired) electrons. The maximum Gasteiger partial charge on any atom is 0.339 e. The zero-order chi connectivity index (χ0) is 21.3. The number of hydrogen-bond donors (Lipinski definition) is 1. The van der Waals surface area contributed by atoms with E-state index in [1.807, 2.05) is 0 Å². The number of carbonyl (C=O) groups excluding carboxylic acids is 3. The van der Waals surface area contributed by atoms with Crippen LogP contribution in [0.5, 0.6) is 0 Å². The number of carbonyl (C=O) groups is 3. The maximum absolute atomic E-state index is 13.4. The van der Waals surface area contributed by atoms with Crippen LogP contribution in [0.3, 0.4) is 0 Å². The Bertz CT molecular complexity index is 968. The van der Waals surface area contributed by atoms with E-state index in [9.17, 15) is 14.4 Å². The number of halogens is 3. The normalized spacial score (nSPS) is 19.9. The molecule has 0 aromatic heterocycles. The molecule has 4 amide bonds. The second-order valence-corrected chi connectivity index (χ2v) is 8.29. The lowest BCUT2D eigenvalue weighted by molar-refractivity contribution is -0.139. The molecule has 0 saturated carbocycles. The first-order valence-corrected chi connectivity index (χ1v) is 9.72. The molecule has 0 unspecified atom stereocenters. The summed E-state index contributed by atoms with van der Waals surface area (Å²) in [6.45, 7) is 0.836. The van der Waals surface area contributed by atoms with E-state index in [0.29, 0.717) is 0 Å². The highest BCUT2D eigenvalue weighted by molar-refractivity contribution is 9.10. The first kappa shape index (κ1) is 19.4. The van der Waals surface area contributed by atoms with E-state index in [1.54, 1.807) is 24.3 Å². The number of rotatable bonds is 5. The van der Waals surface area contributed by atoms with Crippen LogP contribution in [0.1, 0.15) is 12.5 Å². The van der Waals surface area contributed by atoms with Gasteiger partial charge in [0.1, 0.15) is 12.1 Å². The van der Waals surface area contributed by atoms with Crippen molar-refractivity contribution in [1.29, 1.82) is 1.43 Å². The van der Waals surface area contributed by atoms with Gasteiger partial charge in [0.25, 0.3) is 11.8 Å². The molecule has 1 aliphatic heterocycles. The van der Waals surface area contributed by atoms with Gasteiger partial charge in [-0.2, -0.15) is 0 Å². The molecule has 2 aromatic carbocycles. The van der Waals surface area contributed by atoms with Crippen LogP contribution in [-0.2, 0) is 16.0 Å². The number of imide groups is 2. The fourth-order valence-electron chi connectivity index (χ4n) is 3.23. The van der Waals surface area contributed by atoms with Gasteiger partial charge in [-0.15, -0.1) is 0 Å². The van der Waals surface area contributed by atoms with E-state index in [-0.39, 0.29) is 22.2 Å². The van der Waals surface area contributed by atoms with Gasteiger partial charge in [-0.25, -0.2) is 14.6 Å². The molecule has 0 spiro atoms. The van der Waals surface area contributed by atoms with Crippen molar-refractivity contribution in [2.24, 2.45) is 0 Å². The minimum Gasteiger partial charge on any atom is -0.387 e. The number of aliphatic hydroxyl groups excluding tert-OH is 1. The smallest absolute Gasteiger partial charge is 0.339 e. The van der Waals surface area contributed by atoms with Gasteiger partial charge in [0.15, 0.2) is 0 Å². The Morgan fingerprint density at radius 2 is 1.79 bits per heavy atom. The molecule has 1 atom stereocenters. The summed E-state index contributed by atoms with van der Waals surface area (Å²) in [5, 5.41) is 4.64. The Hall–Kier alpha value is -1.93.